The maximum atomic E-state index is 12.6. The Bertz CT molecular complexity index is 824. The summed E-state index contributed by atoms with van der Waals surface area (Å²) in [5, 5.41) is 2.96. The predicted molar refractivity (Wildman–Crippen MR) is 116 cm³/mol. The van der Waals surface area contributed by atoms with Crippen molar-refractivity contribution in [3.8, 4) is 5.75 Å². The molecule has 150 valence electrons. The number of likely N-dealkylation sites (N-methyl/N-ethyl adjacent to an activating group) is 1. The first-order valence-electron chi connectivity index (χ1n) is 9.92. The third-order valence-corrected chi connectivity index (χ3v) is 5.44. The predicted octanol–water partition coefficient (Wildman–Crippen LogP) is 3.77. The van der Waals surface area contributed by atoms with Crippen LogP contribution in [0.5, 0.6) is 5.75 Å². The highest BCUT2D eigenvalue weighted by Crippen LogP contribution is 2.25. The van der Waals surface area contributed by atoms with Crippen LogP contribution in [0.4, 0.5) is 11.4 Å². The minimum absolute atomic E-state index is 0.147. The van der Waals surface area contributed by atoms with Crippen molar-refractivity contribution in [1.29, 1.82) is 0 Å². The Morgan fingerprint density at radius 1 is 1.04 bits per heavy atom. The van der Waals surface area contributed by atoms with Crippen molar-refractivity contribution >= 4 is 17.3 Å². The van der Waals surface area contributed by atoms with Crippen LogP contribution in [0, 0.1) is 20.8 Å². The number of amides is 1. The fraction of sp³-hybridized carbons (Fsp3) is 0.435. The molecule has 3 rings (SSSR count). The molecular formula is C23H31N3O2. The van der Waals surface area contributed by atoms with Gasteiger partial charge in [0.2, 0.25) is 0 Å². The van der Waals surface area contributed by atoms with Crippen molar-refractivity contribution in [3.63, 3.8) is 0 Å². The van der Waals surface area contributed by atoms with Gasteiger partial charge in [0.05, 0.1) is 0 Å². The van der Waals surface area contributed by atoms with E-state index in [-0.39, 0.29) is 5.91 Å². The van der Waals surface area contributed by atoms with E-state index in [4.69, 9.17) is 4.74 Å². The number of nitrogens with one attached hydrogen (secondary N) is 1. The van der Waals surface area contributed by atoms with Gasteiger partial charge in [0.15, 0.2) is 6.10 Å². The van der Waals surface area contributed by atoms with Crippen molar-refractivity contribution < 1.29 is 9.53 Å². The number of carbonyl (C=O) groups excluding carboxylic acids is 1. The molecule has 5 heteroatoms. The second kappa shape index (κ2) is 8.65. The van der Waals surface area contributed by atoms with Gasteiger partial charge in [-0.3, -0.25) is 4.79 Å². The monoisotopic (exact) mass is 381 g/mol. The molecule has 0 spiro atoms. The molecule has 0 bridgehead atoms. The van der Waals surface area contributed by atoms with Crippen LogP contribution in [0.3, 0.4) is 0 Å². The Labute approximate surface area is 168 Å². The van der Waals surface area contributed by atoms with E-state index in [2.05, 4.69) is 47.3 Å². The average molecular weight is 382 g/mol. The first-order chi connectivity index (χ1) is 13.3. The Balaban J connectivity index is 1.60. The summed E-state index contributed by atoms with van der Waals surface area (Å²) in [5.74, 6) is 0.622. The second-order valence-electron chi connectivity index (χ2n) is 7.79. The van der Waals surface area contributed by atoms with E-state index >= 15 is 0 Å². The van der Waals surface area contributed by atoms with Crippen LogP contribution in [-0.2, 0) is 4.79 Å². The summed E-state index contributed by atoms with van der Waals surface area (Å²) in [5.41, 5.74) is 5.35. The lowest BCUT2D eigenvalue weighted by atomic mass is 10.1. The number of piperazine rings is 1. The highest BCUT2D eigenvalue weighted by atomic mass is 16.5. The molecule has 0 radical (unpaired) electrons. The van der Waals surface area contributed by atoms with Gasteiger partial charge in [-0.15, -0.1) is 0 Å². The molecule has 1 atom stereocenters. The fourth-order valence-corrected chi connectivity index (χ4v) is 3.43. The van der Waals surface area contributed by atoms with Crippen molar-refractivity contribution in [2.45, 2.75) is 33.8 Å². The van der Waals surface area contributed by atoms with E-state index in [1.807, 2.05) is 32.0 Å². The number of benzene rings is 2. The van der Waals surface area contributed by atoms with Crippen molar-refractivity contribution in [1.82, 2.24) is 4.90 Å². The summed E-state index contributed by atoms with van der Waals surface area (Å²) in [6, 6.07) is 12.2. The zero-order chi connectivity index (χ0) is 20.3. The Morgan fingerprint density at radius 3 is 2.32 bits per heavy atom. The van der Waals surface area contributed by atoms with Crippen LogP contribution in [0.15, 0.2) is 36.4 Å². The smallest absolute Gasteiger partial charge is 0.265 e. The summed E-state index contributed by atoms with van der Waals surface area (Å²) in [6.45, 7) is 12.1. The molecule has 0 aliphatic carbocycles. The number of hydrogen-bond acceptors (Lipinski definition) is 4. The number of anilines is 2. The SMILES string of the molecule is Cc1cc(C)c(C)c(OC(C)C(=O)Nc2ccc(N3CCN(C)CC3)cc2)c1. The van der Waals surface area contributed by atoms with Gasteiger partial charge < -0.3 is 19.9 Å². The molecule has 0 aromatic heterocycles. The summed E-state index contributed by atoms with van der Waals surface area (Å²) in [4.78, 5) is 17.3. The molecule has 5 nitrogen and oxygen atoms in total. The fourth-order valence-electron chi connectivity index (χ4n) is 3.43. The van der Waals surface area contributed by atoms with Crippen LogP contribution in [-0.4, -0.2) is 50.1 Å². The van der Waals surface area contributed by atoms with Gasteiger partial charge in [0.1, 0.15) is 5.75 Å². The topological polar surface area (TPSA) is 44.8 Å². The van der Waals surface area contributed by atoms with Crippen LogP contribution >= 0.6 is 0 Å². The van der Waals surface area contributed by atoms with Crippen LogP contribution in [0.2, 0.25) is 0 Å². The lowest BCUT2D eigenvalue weighted by Gasteiger charge is -2.34. The molecule has 1 unspecified atom stereocenters. The summed E-state index contributed by atoms with van der Waals surface area (Å²) in [7, 11) is 2.15. The lowest BCUT2D eigenvalue weighted by Crippen LogP contribution is -2.44. The molecule has 0 saturated carbocycles. The largest absolute Gasteiger partial charge is 0.481 e. The molecule has 1 heterocycles. The summed E-state index contributed by atoms with van der Waals surface area (Å²) < 4.78 is 5.94. The maximum Gasteiger partial charge on any atom is 0.265 e. The van der Waals surface area contributed by atoms with E-state index in [1.165, 1.54) is 11.3 Å². The number of hydrogen-bond donors (Lipinski definition) is 1. The van der Waals surface area contributed by atoms with E-state index in [1.54, 1.807) is 6.92 Å². The van der Waals surface area contributed by atoms with Gasteiger partial charge in [-0.2, -0.15) is 0 Å². The van der Waals surface area contributed by atoms with Crippen LogP contribution in [0.1, 0.15) is 23.6 Å². The summed E-state index contributed by atoms with van der Waals surface area (Å²) in [6.07, 6.45) is -0.572. The average Bonchev–Trinajstić information content (AvgIpc) is 2.67. The summed E-state index contributed by atoms with van der Waals surface area (Å²) >= 11 is 0. The van der Waals surface area contributed by atoms with Gasteiger partial charge in [-0.05, 0) is 81.8 Å². The van der Waals surface area contributed by atoms with E-state index in [9.17, 15) is 4.79 Å². The standard InChI is InChI=1S/C23H31N3O2/c1-16-14-17(2)18(3)22(15-16)28-19(4)23(27)24-20-6-8-21(9-7-20)26-12-10-25(5)11-13-26/h6-9,14-15,19H,10-13H2,1-5H3,(H,24,27). The minimum Gasteiger partial charge on any atom is -0.481 e. The second-order valence-corrected chi connectivity index (χ2v) is 7.79. The molecule has 1 aliphatic heterocycles. The third-order valence-electron chi connectivity index (χ3n) is 5.44. The first kappa shape index (κ1) is 20.2. The van der Waals surface area contributed by atoms with Gasteiger partial charge in [0.25, 0.3) is 5.91 Å². The Kier molecular flexibility index (Phi) is 6.25. The van der Waals surface area contributed by atoms with Crippen molar-refractivity contribution in [2.75, 3.05) is 43.4 Å². The van der Waals surface area contributed by atoms with Gasteiger partial charge in [-0.25, -0.2) is 0 Å². The number of aryl methyl sites for hydroxylation is 2. The van der Waals surface area contributed by atoms with Gasteiger partial charge in [0, 0.05) is 37.6 Å². The Hall–Kier alpha value is -2.53. The zero-order valence-corrected chi connectivity index (χ0v) is 17.6. The van der Waals surface area contributed by atoms with E-state index < -0.39 is 6.10 Å². The van der Waals surface area contributed by atoms with E-state index in [0.717, 1.165) is 48.7 Å². The molecule has 1 aliphatic rings. The molecule has 2 aromatic rings. The van der Waals surface area contributed by atoms with Crippen LogP contribution in [0.25, 0.3) is 0 Å². The molecule has 1 N–H and O–H groups in total. The van der Waals surface area contributed by atoms with Gasteiger partial charge in [-0.1, -0.05) is 6.07 Å². The molecular weight excluding hydrogens is 350 g/mol. The van der Waals surface area contributed by atoms with Crippen molar-refractivity contribution in [2.24, 2.45) is 0 Å². The number of nitrogens with zero attached hydrogens (tertiary/aromatic N) is 2. The van der Waals surface area contributed by atoms with Crippen molar-refractivity contribution in [3.05, 3.63) is 53.1 Å². The number of rotatable bonds is 5. The van der Waals surface area contributed by atoms with Crippen LogP contribution < -0.4 is 15.0 Å². The lowest BCUT2D eigenvalue weighted by molar-refractivity contribution is -0.122. The molecule has 1 saturated heterocycles. The van der Waals surface area contributed by atoms with Gasteiger partial charge >= 0.3 is 0 Å². The normalized spacial score (nSPS) is 16.0. The highest BCUT2D eigenvalue weighted by molar-refractivity contribution is 5.94. The highest BCUT2D eigenvalue weighted by Gasteiger charge is 2.18. The zero-order valence-electron chi connectivity index (χ0n) is 17.6. The maximum absolute atomic E-state index is 12.6. The minimum atomic E-state index is -0.572. The first-order valence-corrected chi connectivity index (χ1v) is 9.92. The Morgan fingerprint density at radius 2 is 1.68 bits per heavy atom. The third kappa shape index (κ3) is 4.84. The quantitative estimate of drug-likeness (QED) is 0.856. The molecule has 1 fully saturated rings. The van der Waals surface area contributed by atoms with E-state index in [0.29, 0.717) is 0 Å². The molecule has 2 aromatic carbocycles. The molecule has 28 heavy (non-hydrogen) atoms. The number of carbonyl (C=O) groups is 1. The molecule has 1 amide bonds. The number of ether oxygens (including phenoxy) is 1.